The highest BCUT2D eigenvalue weighted by molar-refractivity contribution is 4.84. The molecule has 3 heteroatoms. The monoisotopic (exact) mass is 186 g/mol. The summed E-state index contributed by atoms with van der Waals surface area (Å²) < 4.78 is 15.9. The van der Waals surface area contributed by atoms with Crippen molar-refractivity contribution < 1.29 is 14.2 Å². The molecule has 3 unspecified atom stereocenters. The van der Waals surface area contributed by atoms with E-state index < -0.39 is 0 Å². The second kappa shape index (κ2) is 4.40. The Labute approximate surface area is 79.4 Å². The van der Waals surface area contributed by atoms with Crippen LogP contribution in [0.3, 0.4) is 0 Å². The summed E-state index contributed by atoms with van der Waals surface area (Å²) in [5, 5.41) is 0. The van der Waals surface area contributed by atoms with Gasteiger partial charge in [-0.2, -0.15) is 0 Å². The summed E-state index contributed by atoms with van der Waals surface area (Å²) in [5.41, 5.74) is 0. The zero-order valence-electron chi connectivity index (χ0n) is 8.20. The lowest BCUT2D eigenvalue weighted by Crippen LogP contribution is -2.09. The lowest BCUT2D eigenvalue weighted by molar-refractivity contribution is 0.102. The largest absolute Gasteiger partial charge is 0.376 e. The highest BCUT2D eigenvalue weighted by Gasteiger charge is 2.38. The van der Waals surface area contributed by atoms with Gasteiger partial charge in [-0.15, -0.1) is 0 Å². The zero-order valence-corrected chi connectivity index (χ0v) is 8.20. The molecule has 0 N–H and O–H groups in total. The second-order valence-electron chi connectivity index (χ2n) is 3.85. The van der Waals surface area contributed by atoms with Crippen molar-refractivity contribution in [2.24, 2.45) is 0 Å². The van der Waals surface area contributed by atoms with Crippen molar-refractivity contribution in [3.8, 4) is 0 Å². The molecule has 3 nitrogen and oxygen atoms in total. The van der Waals surface area contributed by atoms with E-state index in [2.05, 4.69) is 6.92 Å². The smallest absolute Gasteiger partial charge is 0.107 e. The van der Waals surface area contributed by atoms with Crippen LogP contribution in [0.25, 0.3) is 0 Å². The Morgan fingerprint density at radius 1 is 1.31 bits per heavy atom. The number of hydrogen-bond donors (Lipinski definition) is 0. The molecule has 0 bridgehead atoms. The predicted octanol–water partition coefficient (Wildman–Crippen LogP) is 1.36. The second-order valence-corrected chi connectivity index (χ2v) is 3.85. The molecule has 0 aromatic carbocycles. The third-order valence-corrected chi connectivity index (χ3v) is 2.52. The van der Waals surface area contributed by atoms with Gasteiger partial charge in [-0.1, -0.05) is 19.8 Å². The highest BCUT2D eigenvalue weighted by atomic mass is 16.6. The topological polar surface area (TPSA) is 34.3 Å². The van der Waals surface area contributed by atoms with Crippen LogP contribution in [0.15, 0.2) is 0 Å². The summed E-state index contributed by atoms with van der Waals surface area (Å²) in [7, 11) is 0. The Kier molecular flexibility index (Phi) is 3.19. The Morgan fingerprint density at radius 2 is 2.15 bits per heavy atom. The van der Waals surface area contributed by atoms with Crippen molar-refractivity contribution in [1.82, 2.24) is 0 Å². The molecular formula is C10H18O3. The number of rotatable bonds is 7. The Bertz CT molecular complexity index is 156. The van der Waals surface area contributed by atoms with E-state index in [4.69, 9.17) is 14.2 Å². The summed E-state index contributed by atoms with van der Waals surface area (Å²) in [6.45, 7) is 4.59. The van der Waals surface area contributed by atoms with Crippen LogP contribution in [0.5, 0.6) is 0 Å². The first-order chi connectivity index (χ1) is 6.40. The number of unbranched alkanes of at least 4 members (excludes halogenated alkanes) is 1. The molecule has 2 aliphatic heterocycles. The molecule has 13 heavy (non-hydrogen) atoms. The third-order valence-electron chi connectivity index (χ3n) is 2.52. The maximum atomic E-state index is 5.46. The minimum atomic E-state index is 0.380. The number of ether oxygens (including phenoxy) is 3. The Hall–Kier alpha value is -0.120. The maximum Gasteiger partial charge on any atom is 0.107 e. The van der Waals surface area contributed by atoms with Gasteiger partial charge in [0.15, 0.2) is 0 Å². The lowest BCUT2D eigenvalue weighted by Gasteiger charge is -1.97. The van der Waals surface area contributed by atoms with Crippen molar-refractivity contribution >= 4 is 0 Å². The van der Waals surface area contributed by atoms with Gasteiger partial charge in [0, 0.05) is 0 Å². The van der Waals surface area contributed by atoms with Gasteiger partial charge >= 0.3 is 0 Å². The molecule has 2 fully saturated rings. The molecule has 0 spiro atoms. The average molecular weight is 186 g/mol. The molecule has 2 saturated heterocycles. The maximum absolute atomic E-state index is 5.46. The molecule has 2 aliphatic rings. The minimum Gasteiger partial charge on any atom is -0.376 e. The average Bonchev–Trinajstić information content (AvgIpc) is 2.97. The van der Waals surface area contributed by atoms with E-state index in [9.17, 15) is 0 Å². The predicted molar refractivity (Wildman–Crippen MR) is 48.7 cm³/mol. The van der Waals surface area contributed by atoms with Gasteiger partial charge in [-0.25, -0.2) is 0 Å². The molecule has 0 saturated carbocycles. The summed E-state index contributed by atoms with van der Waals surface area (Å²) in [6, 6.07) is 0. The third kappa shape index (κ3) is 3.25. The number of epoxide rings is 2. The Balaban J connectivity index is 1.43. The van der Waals surface area contributed by atoms with E-state index >= 15 is 0 Å². The summed E-state index contributed by atoms with van der Waals surface area (Å²) in [5.74, 6) is 0. The molecule has 0 aromatic heterocycles. The lowest BCUT2D eigenvalue weighted by atomic mass is 10.2. The van der Waals surface area contributed by atoms with E-state index in [1.807, 2.05) is 0 Å². The zero-order chi connectivity index (χ0) is 9.10. The molecular weight excluding hydrogens is 168 g/mol. The van der Waals surface area contributed by atoms with Crippen LogP contribution < -0.4 is 0 Å². The van der Waals surface area contributed by atoms with Gasteiger partial charge in [0.25, 0.3) is 0 Å². The SMILES string of the molecule is CCCCC1OC1COCC1CO1. The van der Waals surface area contributed by atoms with E-state index in [1.54, 1.807) is 0 Å². The molecule has 2 rings (SSSR count). The molecule has 2 heterocycles. The van der Waals surface area contributed by atoms with Gasteiger partial charge in [-0.05, 0) is 6.42 Å². The van der Waals surface area contributed by atoms with Gasteiger partial charge in [0.05, 0.1) is 25.9 Å². The van der Waals surface area contributed by atoms with Crippen LogP contribution in [0.4, 0.5) is 0 Å². The first kappa shape index (κ1) is 9.44. The van der Waals surface area contributed by atoms with Gasteiger partial charge in [0.2, 0.25) is 0 Å². The van der Waals surface area contributed by atoms with E-state index in [0.717, 1.165) is 19.8 Å². The highest BCUT2D eigenvalue weighted by Crippen LogP contribution is 2.27. The normalized spacial score (nSPS) is 36.2. The van der Waals surface area contributed by atoms with Crippen molar-refractivity contribution in [3.05, 3.63) is 0 Å². The van der Waals surface area contributed by atoms with Crippen molar-refractivity contribution in [2.45, 2.75) is 44.5 Å². The van der Waals surface area contributed by atoms with Crippen molar-refractivity contribution in [1.29, 1.82) is 0 Å². The van der Waals surface area contributed by atoms with Crippen LogP contribution in [0, 0.1) is 0 Å². The first-order valence-electron chi connectivity index (χ1n) is 5.25. The summed E-state index contributed by atoms with van der Waals surface area (Å²) >= 11 is 0. The molecule has 3 atom stereocenters. The van der Waals surface area contributed by atoms with Crippen LogP contribution in [0.1, 0.15) is 26.2 Å². The van der Waals surface area contributed by atoms with Gasteiger partial charge in [-0.3, -0.25) is 0 Å². The minimum absolute atomic E-state index is 0.380. The Morgan fingerprint density at radius 3 is 2.85 bits per heavy atom. The first-order valence-corrected chi connectivity index (χ1v) is 5.25. The van der Waals surface area contributed by atoms with Crippen LogP contribution in [-0.2, 0) is 14.2 Å². The molecule has 0 amide bonds. The van der Waals surface area contributed by atoms with Gasteiger partial charge < -0.3 is 14.2 Å². The van der Waals surface area contributed by atoms with Crippen molar-refractivity contribution in [2.75, 3.05) is 19.8 Å². The summed E-state index contributed by atoms with van der Waals surface area (Å²) in [6.07, 6.45) is 4.97. The van der Waals surface area contributed by atoms with Crippen LogP contribution >= 0.6 is 0 Å². The molecule has 0 aliphatic carbocycles. The molecule has 0 aromatic rings. The van der Waals surface area contributed by atoms with Gasteiger partial charge in [0.1, 0.15) is 12.2 Å². The van der Waals surface area contributed by atoms with E-state index in [0.29, 0.717) is 18.3 Å². The fourth-order valence-corrected chi connectivity index (χ4v) is 1.46. The standard InChI is InChI=1S/C10H18O3/c1-2-3-4-9-10(13-9)7-11-5-8-6-12-8/h8-10H,2-7H2,1H3. The van der Waals surface area contributed by atoms with Crippen LogP contribution in [0.2, 0.25) is 0 Å². The molecule has 0 radical (unpaired) electrons. The fraction of sp³-hybridized carbons (Fsp3) is 1.00. The summed E-state index contributed by atoms with van der Waals surface area (Å²) in [4.78, 5) is 0. The number of hydrogen-bond acceptors (Lipinski definition) is 3. The van der Waals surface area contributed by atoms with E-state index in [-0.39, 0.29) is 0 Å². The van der Waals surface area contributed by atoms with E-state index in [1.165, 1.54) is 19.3 Å². The van der Waals surface area contributed by atoms with Crippen molar-refractivity contribution in [3.63, 3.8) is 0 Å². The molecule has 76 valence electrons. The fourth-order valence-electron chi connectivity index (χ4n) is 1.46. The van der Waals surface area contributed by atoms with Crippen LogP contribution in [-0.4, -0.2) is 38.1 Å². The quantitative estimate of drug-likeness (QED) is 0.563.